The summed E-state index contributed by atoms with van der Waals surface area (Å²) in [4.78, 5) is 1.96. The third-order valence-electron chi connectivity index (χ3n) is 3.79. The molecule has 0 saturated carbocycles. The molecule has 1 N–H and O–H groups in total. The van der Waals surface area contributed by atoms with Crippen LogP contribution in [0.2, 0.25) is 0 Å². The van der Waals surface area contributed by atoms with E-state index in [4.69, 9.17) is 9.47 Å². The van der Waals surface area contributed by atoms with Crippen molar-refractivity contribution in [2.45, 2.75) is 12.7 Å². The first kappa shape index (κ1) is 16.1. The lowest BCUT2D eigenvalue weighted by Gasteiger charge is -2.28. The van der Waals surface area contributed by atoms with Gasteiger partial charge in [0.2, 0.25) is 5.90 Å². The van der Waals surface area contributed by atoms with Crippen LogP contribution in [0.15, 0.2) is 23.3 Å². The Kier molecular flexibility index (Phi) is 4.72. The number of morpholine rings is 1. The van der Waals surface area contributed by atoms with Crippen LogP contribution < -0.4 is 5.43 Å². The highest BCUT2D eigenvalue weighted by Gasteiger charge is 2.34. The van der Waals surface area contributed by atoms with Crippen LogP contribution in [0.1, 0.15) is 16.7 Å². The third kappa shape index (κ3) is 3.94. The number of nitrogens with one attached hydrogen (secondary N) is 1. The molecule has 2 heterocycles. The number of hydrazone groups is 1. The van der Waals surface area contributed by atoms with E-state index < -0.39 is 11.7 Å². The van der Waals surface area contributed by atoms with Crippen LogP contribution in [0.25, 0.3) is 0 Å². The Balaban J connectivity index is 1.87. The van der Waals surface area contributed by atoms with Crippen LogP contribution in [-0.2, 0) is 22.2 Å². The van der Waals surface area contributed by atoms with Crippen molar-refractivity contribution in [3.05, 3.63) is 34.9 Å². The molecular weight excluding hydrogens is 311 g/mol. The van der Waals surface area contributed by atoms with Gasteiger partial charge in [-0.2, -0.15) is 13.2 Å². The molecular formula is C15H18F3N3O2. The molecule has 2 aliphatic rings. The topological polar surface area (TPSA) is 46.1 Å². The molecule has 0 amide bonds. The molecule has 2 aliphatic heterocycles. The zero-order valence-corrected chi connectivity index (χ0v) is 12.5. The zero-order chi connectivity index (χ0) is 16.3. The lowest BCUT2D eigenvalue weighted by Crippen LogP contribution is -2.36. The molecule has 0 aromatic heterocycles. The van der Waals surface area contributed by atoms with E-state index in [-0.39, 0.29) is 18.0 Å². The van der Waals surface area contributed by atoms with Crippen molar-refractivity contribution in [2.24, 2.45) is 5.10 Å². The molecule has 3 rings (SSSR count). The van der Waals surface area contributed by atoms with Gasteiger partial charge in [-0.15, -0.1) is 5.10 Å². The number of alkyl halides is 3. The maximum atomic E-state index is 13.4. The fourth-order valence-electron chi connectivity index (χ4n) is 2.61. The number of hydrogen-bond acceptors (Lipinski definition) is 5. The van der Waals surface area contributed by atoms with E-state index in [2.05, 4.69) is 10.5 Å². The molecule has 1 aromatic carbocycles. The van der Waals surface area contributed by atoms with E-state index >= 15 is 0 Å². The Morgan fingerprint density at radius 2 is 1.96 bits per heavy atom. The Labute approximate surface area is 132 Å². The minimum Gasteiger partial charge on any atom is -0.474 e. The molecule has 5 nitrogen and oxygen atoms in total. The summed E-state index contributed by atoms with van der Waals surface area (Å²) >= 11 is 0. The van der Waals surface area contributed by atoms with Crippen LogP contribution >= 0.6 is 0 Å². The van der Waals surface area contributed by atoms with Gasteiger partial charge in [0.1, 0.15) is 6.61 Å². The van der Waals surface area contributed by atoms with Crippen LogP contribution in [0.4, 0.5) is 13.2 Å². The first-order valence-corrected chi connectivity index (χ1v) is 7.48. The van der Waals surface area contributed by atoms with Gasteiger partial charge in [0.15, 0.2) is 0 Å². The molecule has 1 fully saturated rings. The fraction of sp³-hybridized carbons (Fsp3) is 0.533. The summed E-state index contributed by atoms with van der Waals surface area (Å²) in [5.74, 6) is 0.194. The summed E-state index contributed by atoms with van der Waals surface area (Å²) in [6.45, 7) is 3.56. The standard InChI is InChI=1S/C15H18F3N3O2/c16-15(17,18)13-9-11(14-20-19-3-6-23-14)1-2-12(13)10-21-4-7-22-8-5-21/h1-2,9,19H,3-8,10H2. The Hall–Kier alpha value is -1.80. The van der Waals surface area contributed by atoms with Crippen molar-refractivity contribution < 1.29 is 22.6 Å². The largest absolute Gasteiger partial charge is 0.474 e. The van der Waals surface area contributed by atoms with Gasteiger partial charge in [0.25, 0.3) is 0 Å². The highest BCUT2D eigenvalue weighted by Crippen LogP contribution is 2.33. The monoisotopic (exact) mass is 329 g/mol. The Morgan fingerprint density at radius 1 is 1.17 bits per heavy atom. The second-order valence-corrected chi connectivity index (χ2v) is 5.43. The van der Waals surface area contributed by atoms with Crippen molar-refractivity contribution in [1.82, 2.24) is 10.3 Å². The van der Waals surface area contributed by atoms with E-state index in [1.54, 1.807) is 6.07 Å². The van der Waals surface area contributed by atoms with Crippen molar-refractivity contribution in [2.75, 3.05) is 39.5 Å². The molecule has 23 heavy (non-hydrogen) atoms. The van der Waals surface area contributed by atoms with Gasteiger partial charge in [0.05, 0.1) is 25.3 Å². The molecule has 0 bridgehead atoms. The van der Waals surface area contributed by atoms with Crippen LogP contribution in [0.5, 0.6) is 0 Å². The number of ether oxygens (including phenoxy) is 2. The summed E-state index contributed by atoms with van der Waals surface area (Å²) in [5, 5.41) is 3.92. The molecule has 1 saturated heterocycles. The first-order chi connectivity index (χ1) is 11.0. The first-order valence-electron chi connectivity index (χ1n) is 7.48. The van der Waals surface area contributed by atoms with Crippen molar-refractivity contribution >= 4 is 5.90 Å². The summed E-state index contributed by atoms with van der Waals surface area (Å²) in [6.07, 6.45) is -4.42. The van der Waals surface area contributed by atoms with Gasteiger partial charge in [-0.1, -0.05) is 6.07 Å². The van der Waals surface area contributed by atoms with Crippen LogP contribution in [0, 0.1) is 0 Å². The van der Waals surface area contributed by atoms with Crippen LogP contribution in [0.3, 0.4) is 0 Å². The molecule has 1 aromatic rings. The van der Waals surface area contributed by atoms with E-state index in [1.807, 2.05) is 4.90 Å². The maximum Gasteiger partial charge on any atom is 0.416 e. The minimum atomic E-state index is -4.42. The zero-order valence-electron chi connectivity index (χ0n) is 12.5. The summed E-state index contributed by atoms with van der Waals surface area (Å²) in [6, 6.07) is 4.24. The van der Waals surface area contributed by atoms with Crippen molar-refractivity contribution in [3.8, 4) is 0 Å². The van der Waals surface area contributed by atoms with E-state index in [0.29, 0.717) is 45.0 Å². The summed E-state index contributed by atoms with van der Waals surface area (Å²) in [7, 11) is 0. The van der Waals surface area contributed by atoms with Gasteiger partial charge >= 0.3 is 6.18 Å². The Bertz CT molecular complexity index is 584. The number of hydrogen-bond donors (Lipinski definition) is 1. The molecule has 0 spiro atoms. The van der Waals surface area contributed by atoms with Gasteiger partial charge in [-0.25, -0.2) is 0 Å². The molecule has 126 valence electrons. The lowest BCUT2D eigenvalue weighted by molar-refractivity contribution is -0.138. The minimum absolute atomic E-state index is 0.194. The van der Waals surface area contributed by atoms with E-state index in [0.717, 1.165) is 6.07 Å². The lowest BCUT2D eigenvalue weighted by atomic mass is 10.0. The third-order valence-corrected chi connectivity index (χ3v) is 3.79. The average Bonchev–Trinajstić information content (AvgIpc) is 2.56. The summed E-state index contributed by atoms with van der Waals surface area (Å²) < 4.78 is 50.8. The second kappa shape index (κ2) is 6.76. The normalized spacial score (nSPS) is 19.7. The quantitative estimate of drug-likeness (QED) is 0.919. The number of nitrogens with zero attached hydrogens (tertiary/aromatic N) is 2. The molecule has 0 aliphatic carbocycles. The average molecular weight is 329 g/mol. The fourth-order valence-corrected chi connectivity index (χ4v) is 2.61. The second-order valence-electron chi connectivity index (χ2n) is 5.43. The summed E-state index contributed by atoms with van der Waals surface area (Å²) in [5.41, 5.74) is 2.68. The van der Waals surface area contributed by atoms with Crippen LogP contribution in [-0.4, -0.2) is 50.3 Å². The smallest absolute Gasteiger partial charge is 0.416 e. The number of rotatable bonds is 3. The van der Waals surface area contributed by atoms with Gasteiger partial charge in [-0.05, 0) is 17.7 Å². The van der Waals surface area contributed by atoms with Gasteiger partial charge < -0.3 is 14.9 Å². The predicted octanol–water partition coefficient (Wildman–Crippen LogP) is 1.82. The molecule has 0 radical (unpaired) electrons. The maximum absolute atomic E-state index is 13.4. The number of benzene rings is 1. The van der Waals surface area contributed by atoms with Gasteiger partial charge in [-0.3, -0.25) is 4.90 Å². The van der Waals surface area contributed by atoms with Gasteiger partial charge in [0, 0.05) is 25.2 Å². The number of halogens is 3. The van der Waals surface area contributed by atoms with Crippen molar-refractivity contribution in [3.63, 3.8) is 0 Å². The predicted molar refractivity (Wildman–Crippen MR) is 78.0 cm³/mol. The Morgan fingerprint density at radius 3 is 2.61 bits per heavy atom. The molecule has 0 unspecified atom stereocenters. The highest BCUT2D eigenvalue weighted by atomic mass is 19.4. The molecule has 0 atom stereocenters. The SMILES string of the molecule is FC(F)(F)c1cc(C2=NNCCO2)ccc1CN1CCOCC1. The van der Waals surface area contributed by atoms with E-state index in [9.17, 15) is 13.2 Å². The van der Waals surface area contributed by atoms with E-state index in [1.165, 1.54) is 6.07 Å². The highest BCUT2D eigenvalue weighted by molar-refractivity contribution is 5.94. The van der Waals surface area contributed by atoms with Crippen molar-refractivity contribution in [1.29, 1.82) is 0 Å². The molecule has 8 heteroatoms.